The predicted molar refractivity (Wildman–Crippen MR) is 45.7 cm³/mol. The maximum absolute atomic E-state index is 10.5. The second kappa shape index (κ2) is 2.92. The quantitative estimate of drug-likeness (QED) is 0.637. The number of hydrogen-bond donors (Lipinski definition) is 1. The topological polar surface area (TPSA) is 37.3 Å². The Morgan fingerprint density at radius 1 is 1.42 bits per heavy atom. The van der Waals surface area contributed by atoms with E-state index in [9.17, 15) is 4.79 Å². The molecule has 3 aliphatic rings. The molecule has 2 nitrogen and oxygen atoms in total. The Labute approximate surface area is 72.3 Å². The molecule has 0 spiro atoms. The summed E-state index contributed by atoms with van der Waals surface area (Å²) in [5.41, 5.74) is 0. The fraction of sp³-hybridized carbons (Fsp3) is 0.700. The van der Waals surface area contributed by atoms with Crippen molar-refractivity contribution in [3.8, 4) is 0 Å². The normalized spacial score (nSPS) is 38.5. The van der Waals surface area contributed by atoms with E-state index in [-0.39, 0.29) is 0 Å². The molecule has 66 valence electrons. The van der Waals surface area contributed by atoms with E-state index in [1.165, 1.54) is 12.8 Å². The third kappa shape index (κ3) is 1.38. The molecule has 0 radical (unpaired) electrons. The van der Waals surface area contributed by atoms with Gasteiger partial charge in [-0.25, -0.2) is 0 Å². The summed E-state index contributed by atoms with van der Waals surface area (Å²) in [5.74, 6) is 1.03. The largest absolute Gasteiger partial charge is 0.481 e. The summed E-state index contributed by atoms with van der Waals surface area (Å²) in [7, 11) is 0. The minimum atomic E-state index is -0.638. The standard InChI is InChI=1S/C10H14O2/c11-10(12)6-9-5-7-1-3-8(9)4-2-7/h1,3,7-9H,2,4-6H2,(H,11,12). The highest BCUT2D eigenvalue weighted by Crippen LogP contribution is 2.41. The van der Waals surface area contributed by atoms with E-state index in [4.69, 9.17) is 5.11 Å². The average molecular weight is 166 g/mol. The second-order valence-electron chi connectivity index (χ2n) is 3.98. The van der Waals surface area contributed by atoms with E-state index >= 15 is 0 Å². The molecule has 12 heavy (non-hydrogen) atoms. The molecule has 0 amide bonds. The molecule has 2 heteroatoms. The van der Waals surface area contributed by atoms with Crippen LogP contribution in [0.3, 0.4) is 0 Å². The lowest BCUT2D eigenvalue weighted by atomic mass is 9.68. The summed E-state index contributed by atoms with van der Waals surface area (Å²) in [6.07, 6.45) is 8.45. The maximum atomic E-state index is 10.5. The van der Waals surface area contributed by atoms with Crippen LogP contribution in [-0.2, 0) is 4.79 Å². The smallest absolute Gasteiger partial charge is 0.303 e. The third-order valence-electron chi connectivity index (χ3n) is 3.15. The summed E-state index contributed by atoms with van der Waals surface area (Å²) in [6, 6.07) is 0. The number of hydrogen-bond acceptors (Lipinski definition) is 1. The molecule has 3 atom stereocenters. The Hall–Kier alpha value is -0.790. The number of carboxylic acids is 1. The SMILES string of the molecule is O=C(O)CC1CC2C=CC1CC2. The molecule has 1 fully saturated rings. The second-order valence-corrected chi connectivity index (χ2v) is 3.98. The van der Waals surface area contributed by atoms with Crippen molar-refractivity contribution in [1.82, 2.24) is 0 Å². The number of carboxylic acid groups (broad SMARTS) is 1. The van der Waals surface area contributed by atoms with Crippen molar-refractivity contribution in [3.05, 3.63) is 12.2 Å². The van der Waals surface area contributed by atoms with Gasteiger partial charge >= 0.3 is 5.97 Å². The molecule has 1 saturated carbocycles. The molecule has 0 heterocycles. The summed E-state index contributed by atoms with van der Waals surface area (Å²) < 4.78 is 0. The molecule has 0 aliphatic heterocycles. The van der Waals surface area contributed by atoms with Crippen molar-refractivity contribution >= 4 is 5.97 Å². The fourth-order valence-corrected chi connectivity index (χ4v) is 2.51. The predicted octanol–water partition coefficient (Wildman–Crippen LogP) is 2.06. The van der Waals surface area contributed by atoms with Gasteiger partial charge in [0.25, 0.3) is 0 Å². The van der Waals surface area contributed by atoms with Gasteiger partial charge < -0.3 is 5.11 Å². The fourth-order valence-electron chi connectivity index (χ4n) is 2.51. The van der Waals surface area contributed by atoms with E-state index in [0.717, 1.165) is 6.42 Å². The van der Waals surface area contributed by atoms with Crippen molar-refractivity contribution < 1.29 is 9.90 Å². The van der Waals surface area contributed by atoms with E-state index in [1.54, 1.807) is 0 Å². The molecule has 2 bridgehead atoms. The summed E-state index contributed by atoms with van der Waals surface area (Å²) >= 11 is 0. The first kappa shape index (κ1) is 7.84. The van der Waals surface area contributed by atoms with Gasteiger partial charge in [-0.15, -0.1) is 0 Å². The average Bonchev–Trinajstić information content (AvgIpc) is 2.05. The van der Waals surface area contributed by atoms with Crippen LogP contribution < -0.4 is 0 Å². The first-order valence-electron chi connectivity index (χ1n) is 4.66. The van der Waals surface area contributed by atoms with Crippen LogP contribution in [-0.4, -0.2) is 11.1 Å². The van der Waals surface area contributed by atoms with Crippen molar-refractivity contribution in [1.29, 1.82) is 0 Å². The number of aliphatic carboxylic acids is 1. The first-order chi connectivity index (χ1) is 5.75. The monoisotopic (exact) mass is 166 g/mol. The van der Waals surface area contributed by atoms with Crippen molar-refractivity contribution in [2.24, 2.45) is 17.8 Å². The van der Waals surface area contributed by atoms with Crippen LogP contribution in [0, 0.1) is 17.8 Å². The van der Waals surface area contributed by atoms with Gasteiger partial charge in [-0.3, -0.25) is 4.79 Å². The molecule has 0 aromatic rings. The van der Waals surface area contributed by atoms with Crippen LogP contribution >= 0.6 is 0 Å². The van der Waals surface area contributed by atoms with Crippen molar-refractivity contribution in [2.75, 3.05) is 0 Å². The summed E-state index contributed by atoms with van der Waals surface area (Å²) in [5, 5.41) is 8.67. The van der Waals surface area contributed by atoms with E-state index in [0.29, 0.717) is 24.2 Å². The number of rotatable bonds is 2. The van der Waals surface area contributed by atoms with Crippen LogP contribution in [0.4, 0.5) is 0 Å². The van der Waals surface area contributed by atoms with E-state index in [2.05, 4.69) is 12.2 Å². The molecule has 1 N–H and O–H groups in total. The lowest BCUT2D eigenvalue weighted by Gasteiger charge is -2.37. The minimum absolute atomic E-state index is 0.367. The number of allylic oxidation sites excluding steroid dienone is 2. The Balaban J connectivity index is 2.01. The Kier molecular flexibility index (Phi) is 1.91. The van der Waals surface area contributed by atoms with Gasteiger partial charge in [0, 0.05) is 6.42 Å². The van der Waals surface area contributed by atoms with Gasteiger partial charge in [-0.05, 0) is 37.0 Å². The molecule has 0 aromatic carbocycles. The Morgan fingerprint density at radius 3 is 2.67 bits per heavy atom. The minimum Gasteiger partial charge on any atom is -0.481 e. The highest BCUT2D eigenvalue weighted by molar-refractivity contribution is 5.67. The summed E-state index contributed by atoms with van der Waals surface area (Å²) in [4.78, 5) is 10.5. The van der Waals surface area contributed by atoms with Gasteiger partial charge in [0.1, 0.15) is 0 Å². The third-order valence-corrected chi connectivity index (χ3v) is 3.15. The van der Waals surface area contributed by atoms with E-state index in [1.807, 2.05) is 0 Å². The van der Waals surface area contributed by atoms with Crippen molar-refractivity contribution in [3.63, 3.8) is 0 Å². The lowest BCUT2D eigenvalue weighted by molar-refractivity contribution is -0.138. The zero-order chi connectivity index (χ0) is 8.55. The van der Waals surface area contributed by atoms with Gasteiger partial charge in [0.05, 0.1) is 0 Å². The van der Waals surface area contributed by atoms with Crippen LogP contribution in [0.1, 0.15) is 25.7 Å². The van der Waals surface area contributed by atoms with Gasteiger partial charge in [-0.1, -0.05) is 12.2 Å². The highest BCUT2D eigenvalue weighted by atomic mass is 16.4. The molecule has 3 rings (SSSR count). The maximum Gasteiger partial charge on any atom is 0.303 e. The van der Waals surface area contributed by atoms with Gasteiger partial charge in [0.15, 0.2) is 0 Å². The number of fused-ring (bicyclic) bond motifs is 2. The molecule has 0 saturated heterocycles. The lowest BCUT2D eigenvalue weighted by Crippen LogP contribution is -2.28. The highest BCUT2D eigenvalue weighted by Gasteiger charge is 2.32. The first-order valence-corrected chi connectivity index (χ1v) is 4.66. The number of carbonyl (C=O) groups is 1. The zero-order valence-electron chi connectivity index (χ0n) is 7.07. The Bertz CT molecular complexity index is 220. The molecular weight excluding hydrogens is 152 g/mol. The summed E-state index contributed by atoms with van der Waals surface area (Å²) in [6.45, 7) is 0. The molecule has 0 aromatic heterocycles. The Morgan fingerprint density at radius 2 is 2.25 bits per heavy atom. The molecule has 3 unspecified atom stereocenters. The van der Waals surface area contributed by atoms with Crippen molar-refractivity contribution in [2.45, 2.75) is 25.7 Å². The zero-order valence-corrected chi connectivity index (χ0v) is 7.07. The van der Waals surface area contributed by atoms with Crippen LogP contribution in [0.5, 0.6) is 0 Å². The van der Waals surface area contributed by atoms with Crippen LogP contribution in [0.15, 0.2) is 12.2 Å². The van der Waals surface area contributed by atoms with Gasteiger partial charge in [0.2, 0.25) is 0 Å². The molecular formula is C10H14O2. The van der Waals surface area contributed by atoms with E-state index < -0.39 is 5.97 Å². The molecule has 3 aliphatic carbocycles. The van der Waals surface area contributed by atoms with Gasteiger partial charge in [-0.2, -0.15) is 0 Å². The van der Waals surface area contributed by atoms with Crippen LogP contribution in [0.2, 0.25) is 0 Å². The van der Waals surface area contributed by atoms with Crippen LogP contribution in [0.25, 0.3) is 0 Å².